The number of hydrogen-bond acceptors (Lipinski definition) is 0. The van der Waals surface area contributed by atoms with E-state index < -0.39 is 0 Å². The summed E-state index contributed by atoms with van der Waals surface area (Å²) in [6.07, 6.45) is 0.816. The van der Waals surface area contributed by atoms with Crippen LogP contribution in [0.3, 0.4) is 0 Å². The molecule has 0 nitrogen and oxygen atoms in total. The molecule has 0 saturated carbocycles. The Kier molecular flexibility index (Phi) is 3.98. The SMILES string of the molecule is Cc1cc(F)ccc1C#CCCBr. The molecule has 13 heavy (non-hydrogen) atoms. The Balaban J connectivity index is 2.85. The van der Waals surface area contributed by atoms with Crippen molar-refractivity contribution >= 4 is 15.9 Å². The molecule has 0 aliphatic rings. The third-order valence-corrected chi connectivity index (χ3v) is 2.03. The lowest BCUT2D eigenvalue weighted by Gasteiger charge is -1.96. The monoisotopic (exact) mass is 240 g/mol. The standard InChI is InChI=1S/C11H10BrF/c1-9-8-11(13)6-5-10(9)4-2-3-7-12/h5-6,8H,3,7H2,1H3. The van der Waals surface area contributed by atoms with Crippen LogP contribution in [0.15, 0.2) is 18.2 Å². The lowest BCUT2D eigenvalue weighted by atomic mass is 10.1. The van der Waals surface area contributed by atoms with E-state index in [1.807, 2.05) is 6.92 Å². The van der Waals surface area contributed by atoms with Crippen LogP contribution in [0.25, 0.3) is 0 Å². The fourth-order valence-electron chi connectivity index (χ4n) is 0.972. The summed E-state index contributed by atoms with van der Waals surface area (Å²) >= 11 is 3.29. The van der Waals surface area contributed by atoms with Crippen molar-refractivity contribution in [1.29, 1.82) is 0 Å². The van der Waals surface area contributed by atoms with Gasteiger partial charge in [0.15, 0.2) is 0 Å². The Morgan fingerprint density at radius 1 is 1.46 bits per heavy atom. The predicted octanol–water partition coefficient (Wildman–Crippen LogP) is 3.27. The van der Waals surface area contributed by atoms with Crippen molar-refractivity contribution < 1.29 is 4.39 Å². The molecule has 1 aromatic carbocycles. The number of alkyl halides is 1. The predicted molar refractivity (Wildman–Crippen MR) is 56.4 cm³/mol. The van der Waals surface area contributed by atoms with Crippen LogP contribution in [-0.2, 0) is 0 Å². The van der Waals surface area contributed by atoms with Gasteiger partial charge in [0, 0.05) is 17.3 Å². The van der Waals surface area contributed by atoms with E-state index >= 15 is 0 Å². The zero-order valence-electron chi connectivity index (χ0n) is 7.40. The highest BCUT2D eigenvalue weighted by molar-refractivity contribution is 9.09. The maximum Gasteiger partial charge on any atom is 0.123 e. The number of aryl methyl sites for hydroxylation is 1. The van der Waals surface area contributed by atoms with Gasteiger partial charge < -0.3 is 0 Å². The van der Waals surface area contributed by atoms with Crippen molar-refractivity contribution in [3.8, 4) is 11.8 Å². The van der Waals surface area contributed by atoms with Crippen molar-refractivity contribution in [3.05, 3.63) is 35.1 Å². The minimum atomic E-state index is -0.205. The number of benzene rings is 1. The maximum absolute atomic E-state index is 12.7. The van der Waals surface area contributed by atoms with Crippen LogP contribution < -0.4 is 0 Å². The second-order valence-electron chi connectivity index (χ2n) is 2.70. The minimum absolute atomic E-state index is 0.205. The van der Waals surface area contributed by atoms with Gasteiger partial charge in [-0.25, -0.2) is 4.39 Å². The fraction of sp³-hybridized carbons (Fsp3) is 0.273. The summed E-state index contributed by atoms with van der Waals surface area (Å²) in [6, 6.07) is 4.65. The van der Waals surface area contributed by atoms with Gasteiger partial charge in [-0.05, 0) is 30.7 Å². The van der Waals surface area contributed by atoms with Gasteiger partial charge >= 0.3 is 0 Å². The second kappa shape index (κ2) is 5.04. The third kappa shape index (κ3) is 3.20. The van der Waals surface area contributed by atoms with Crippen molar-refractivity contribution in [3.63, 3.8) is 0 Å². The number of halogens is 2. The average molecular weight is 241 g/mol. The van der Waals surface area contributed by atoms with Crippen LogP contribution in [0.1, 0.15) is 17.5 Å². The molecule has 0 aliphatic carbocycles. The van der Waals surface area contributed by atoms with Crippen LogP contribution in [0.5, 0.6) is 0 Å². The first-order chi connectivity index (χ1) is 6.24. The molecule has 0 heterocycles. The molecule has 1 aromatic rings. The second-order valence-corrected chi connectivity index (χ2v) is 3.49. The molecule has 0 aromatic heterocycles. The zero-order chi connectivity index (χ0) is 9.68. The van der Waals surface area contributed by atoms with E-state index in [4.69, 9.17) is 0 Å². The summed E-state index contributed by atoms with van der Waals surface area (Å²) in [4.78, 5) is 0. The molecular formula is C11H10BrF. The van der Waals surface area contributed by atoms with Gasteiger partial charge in [0.25, 0.3) is 0 Å². The van der Waals surface area contributed by atoms with Gasteiger partial charge in [0.05, 0.1) is 0 Å². The topological polar surface area (TPSA) is 0 Å². The van der Waals surface area contributed by atoms with Gasteiger partial charge in [-0.2, -0.15) is 0 Å². The fourth-order valence-corrected chi connectivity index (χ4v) is 1.17. The highest BCUT2D eigenvalue weighted by Crippen LogP contribution is 2.08. The van der Waals surface area contributed by atoms with Crippen LogP contribution in [0.2, 0.25) is 0 Å². The van der Waals surface area contributed by atoms with Crippen LogP contribution in [0.4, 0.5) is 4.39 Å². The van der Waals surface area contributed by atoms with Gasteiger partial charge in [0.1, 0.15) is 5.82 Å². The van der Waals surface area contributed by atoms with E-state index in [2.05, 4.69) is 27.8 Å². The van der Waals surface area contributed by atoms with E-state index in [1.54, 1.807) is 6.07 Å². The van der Waals surface area contributed by atoms with Crippen LogP contribution in [0, 0.1) is 24.6 Å². The Labute approximate surface area is 86.3 Å². The van der Waals surface area contributed by atoms with Crippen LogP contribution in [-0.4, -0.2) is 5.33 Å². The number of rotatable bonds is 1. The normalized spacial score (nSPS) is 9.15. The largest absolute Gasteiger partial charge is 0.207 e. The van der Waals surface area contributed by atoms with Crippen molar-refractivity contribution in [2.24, 2.45) is 0 Å². The van der Waals surface area contributed by atoms with Gasteiger partial charge in [-0.1, -0.05) is 27.8 Å². The molecule has 0 aliphatic heterocycles. The molecule has 0 fully saturated rings. The molecule has 68 valence electrons. The number of hydrogen-bond donors (Lipinski definition) is 0. The van der Waals surface area contributed by atoms with E-state index in [0.717, 1.165) is 22.9 Å². The van der Waals surface area contributed by atoms with Crippen molar-refractivity contribution in [2.45, 2.75) is 13.3 Å². The minimum Gasteiger partial charge on any atom is -0.207 e. The third-order valence-electron chi connectivity index (χ3n) is 1.63. The zero-order valence-corrected chi connectivity index (χ0v) is 8.99. The van der Waals surface area contributed by atoms with E-state index in [0.29, 0.717) is 0 Å². The molecule has 0 bridgehead atoms. The highest BCUT2D eigenvalue weighted by atomic mass is 79.9. The summed E-state index contributed by atoms with van der Waals surface area (Å²) in [6.45, 7) is 1.86. The molecule has 0 radical (unpaired) electrons. The van der Waals surface area contributed by atoms with Crippen molar-refractivity contribution in [2.75, 3.05) is 5.33 Å². The molecule has 0 spiro atoms. The highest BCUT2D eigenvalue weighted by Gasteiger charge is 1.95. The summed E-state index contributed by atoms with van der Waals surface area (Å²) in [7, 11) is 0. The molecule has 0 unspecified atom stereocenters. The Morgan fingerprint density at radius 2 is 2.23 bits per heavy atom. The quantitative estimate of drug-likeness (QED) is 0.523. The molecule has 0 amide bonds. The lowest BCUT2D eigenvalue weighted by Crippen LogP contribution is -1.83. The summed E-state index contributed by atoms with van der Waals surface area (Å²) in [5.41, 5.74) is 1.80. The average Bonchev–Trinajstić information content (AvgIpc) is 2.09. The lowest BCUT2D eigenvalue weighted by molar-refractivity contribution is 0.626. The van der Waals surface area contributed by atoms with Crippen LogP contribution >= 0.6 is 15.9 Å². The molecule has 0 N–H and O–H groups in total. The first-order valence-electron chi connectivity index (χ1n) is 4.05. The summed E-state index contributed by atoms with van der Waals surface area (Å²) in [5, 5.41) is 0.875. The first kappa shape index (κ1) is 10.3. The maximum atomic E-state index is 12.7. The van der Waals surface area contributed by atoms with Gasteiger partial charge in [-0.15, -0.1) is 0 Å². The van der Waals surface area contributed by atoms with Crippen molar-refractivity contribution in [1.82, 2.24) is 0 Å². The Hall–Kier alpha value is -0.810. The molecular weight excluding hydrogens is 231 g/mol. The van der Waals surface area contributed by atoms with E-state index in [1.165, 1.54) is 12.1 Å². The molecule has 0 saturated heterocycles. The Morgan fingerprint density at radius 3 is 2.85 bits per heavy atom. The summed E-state index contributed by atoms with van der Waals surface area (Å²) < 4.78 is 12.7. The molecule has 2 heteroatoms. The Bertz CT molecular complexity index is 347. The summed E-state index contributed by atoms with van der Waals surface area (Å²) in [5.74, 6) is 5.78. The van der Waals surface area contributed by atoms with Gasteiger partial charge in [0.2, 0.25) is 0 Å². The molecule has 0 atom stereocenters. The first-order valence-corrected chi connectivity index (χ1v) is 5.17. The van der Waals surface area contributed by atoms with Gasteiger partial charge in [-0.3, -0.25) is 0 Å². The molecule has 1 rings (SSSR count). The smallest absolute Gasteiger partial charge is 0.123 e. The van der Waals surface area contributed by atoms with E-state index in [9.17, 15) is 4.39 Å². The van der Waals surface area contributed by atoms with E-state index in [-0.39, 0.29) is 5.82 Å².